The number of likely N-dealkylation sites (N-methyl/N-ethyl adjacent to an activating group) is 1. The van der Waals surface area contributed by atoms with Gasteiger partial charge in [-0.25, -0.2) is 0 Å². The second-order valence-electron chi connectivity index (χ2n) is 6.46. The van der Waals surface area contributed by atoms with Crippen LogP contribution in [-0.2, 0) is 19.1 Å². The van der Waals surface area contributed by atoms with E-state index in [-0.39, 0.29) is 30.0 Å². The summed E-state index contributed by atoms with van der Waals surface area (Å²) >= 11 is 0. The number of hydrogen-bond acceptors (Lipinski definition) is 4. The first-order valence-electron chi connectivity index (χ1n) is 8.16. The monoisotopic (exact) mass is 312 g/mol. The van der Waals surface area contributed by atoms with Crippen LogP contribution in [-0.4, -0.2) is 72.2 Å². The summed E-state index contributed by atoms with van der Waals surface area (Å²) in [5, 5.41) is 0. The standard InChI is InChI=1S/C16H28N2O4/c1-10-11(2)18(12(3)15(19)17(10)5)16(20)13(4)22-9-14-7-6-8-21-14/h10-14H,6-9H2,1-5H3. The van der Waals surface area contributed by atoms with Crippen molar-refractivity contribution in [1.82, 2.24) is 9.80 Å². The van der Waals surface area contributed by atoms with Crippen molar-refractivity contribution in [3.8, 4) is 0 Å². The molecule has 0 bridgehead atoms. The van der Waals surface area contributed by atoms with Crippen LogP contribution >= 0.6 is 0 Å². The second kappa shape index (κ2) is 6.96. The van der Waals surface area contributed by atoms with Crippen LogP contribution in [0.5, 0.6) is 0 Å². The van der Waals surface area contributed by atoms with E-state index < -0.39 is 12.1 Å². The first-order chi connectivity index (χ1) is 10.3. The van der Waals surface area contributed by atoms with Crippen LogP contribution in [0.4, 0.5) is 0 Å². The molecule has 0 aromatic rings. The average molecular weight is 312 g/mol. The van der Waals surface area contributed by atoms with Crippen molar-refractivity contribution >= 4 is 11.8 Å². The normalized spacial score (nSPS) is 34.1. The highest BCUT2D eigenvalue weighted by Crippen LogP contribution is 2.23. The predicted octanol–water partition coefficient (Wildman–Crippen LogP) is 1.04. The molecule has 0 radical (unpaired) electrons. The molecule has 2 saturated heterocycles. The van der Waals surface area contributed by atoms with Crippen LogP contribution in [0, 0.1) is 0 Å². The molecule has 2 heterocycles. The van der Waals surface area contributed by atoms with E-state index in [2.05, 4.69) is 0 Å². The van der Waals surface area contributed by atoms with Gasteiger partial charge in [-0.15, -0.1) is 0 Å². The largest absolute Gasteiger partial charge is 0.376 e. The van der Waals surface area contributed by atoms with Gasteiger partial charge in [0.15, 0.2) is 0 Å². The lowest BCUT2D eigenvalue weighted by atomic mass is 9.99. The molecular weight excluding hydrogens is 284 g/mol. The summed E-state index contributed by atoms with van der Waals surface area (Å²) in [5.74, 6) is -0.142. The zero-order valence-electron chi connectivity index (χ0n) is 14.2. The second-order valence-corrected chi connectivity index (χ2v) is 6.46. The number of piperazine rings is 1. The summed E-state index contributed by atoms with van der Waals surface area (Å²) in [4.78, 5) is 28.4. The van der Waals surface area contributed by atoms with Gasteiger partial charge >= 0.3 is 0 Å². The van der Waals surface area contributed by atoms with E-state index in [0.29, 0.717) is 6.61 Å². The highest BCUT2D eigenvalue weighted by molar-refractivity contribution is 5.90. The van der Waals surface area contributed by atoms with E-state index in [0.717, 1.165) is 19.4 Å². The van der Waals surface area contributed by atoms with Crippen molar-refractivity contribution in [2.45, 2.75) is 70.9 Å². The van der Waals surface area contributed by atoms with Crippen LogP contribution in [0.2, 0.25) is 0 Å². The third-order valence-corrected chi connectivity index (χ3v) is 5.03. The summed E-state index contributed by atoms with van der Waals surface area (Å²) in [6, 6.07) is -0.477. The Morgan fingerprint density at radius 2 is 2.05 bits per heavy atom. The van der Waals surface area contributed by atoms with E-state index in [1.807, 2.05) is 13.8 Å². The van der Waals surface area contributed by atoms with Gasteiger partial charge in [-0.3, -0.25) is 9.59 Å². The van der Waals surface area contributed by atoms with Crippen molar-refractivity contribution in [2.24, 2.45) is 0 Å². The molecule has 126 valence electrons. The Balaban J connectivity index is 1.98. The molecule has 0 saturated carbocycles. The number of hydrogen-bond donors (Lipinski definition) is 0. The zero-order valence-corrected chi connectivity index (χ0v) is 14.2. The molecule has 2 amide bonds. The predicted molar refractivity (Wildman–Crippen MR) is 82.4 cm³/mol. The van der Waals surface area contributed by atoms with Gasteiger partial charge in [0.05, 0.1) is 12.7 Å². The number of rotatable bonds is 4. The molecule has 2 aliphatic rings. The molecule has 0 aromatic carbocycles. The van der Waals surface area contributed by atoms with Crippen molar-refractivity contribution in [3.05, 3.63) is 0 Å². The van der Waals surface area contributed by atoms with Gasteiger partial charge < -0.3 is 19.3 Å². The third kappa shape index (κ3) is 3.27. The third-order valence-electron chi connectivity index (χ3n) is 5.03. The highest BCUT2D eigenvalue weighted by atomic mass is 16.5. The maximum Gasteiger partial charge on any atom is 0.252 e. The van der Waals surface area contributed by atoms with Crippen molar-refractivity contribution in [2.75, 3.05) is 20.3 Å². The minimum Gasteiger partial charge on any atom is -0.376 e. The average Bonchev–Trinajstić information content (AvgIpc) is 3.02. The molecule has 22 heavy (non-hydrogen) atoms. The molecule has 0 aliphatic carbocycles. The molecule has 6 nitrogen and oxygen atoms in total. The Kier molecular flexibility index (Phi) is 5.45. The highest BCUT2D eigenvalue weighted by Gasteiger charge is 2.42. The SMILES string of the molecule is CC(OCC1CCCO1)C(=O)N1C(C)C(=O)N(C)C(C)C1C. The smallest absolute Gasteiger partial charge is 0.252 e. The van der Waals surface area contributed by atoms with E-state index in [1.165, 1.54) is 0 Å². The van der Waals surface area contributed by atoms with Gasteiger partial charge in [0.2, 0.25) is 5.91 Å². The Morgan fingerprint density at radius 3 is 2.64 bits per heavy atom. The minimum absolute atomic E-state index is 0.00184. The quantitative estimate of drug-likeness (QED) is 0.778. The van der Waals surface area contributed by atoms with Gasteiger partial charge in [0.1, 0.15) is 12.1 Å². The summed E-state index contributed by atoms with van der Waals surface area (Å²) in [6.45, 7) is 8.69. The Bertz CT molecular complexity index is 422. The maximum absolute atomic E-state index is 12.7. The number of amides is 2. The van der Waals surface area contributed by atoms with Crippen molar-refractivity contribution < 1.29 is 19.1 Å². The first kappa shape index (κ1) is 17.2. The minimum atomic E-state index is -0.558. The van der Waals surface area contributed by atoms with E-state index in [4.69, 9.17) is 9.47 Å². The topological polar surface area (TPSA) is 59.1 Å². The fraction of sp³-hybridized carbons (Fsp3) is 0.875. The van der Waals surface area contributed by atoms with E-state index >= 15 is 0 Å². The van der Waals surface area contributed by atoms with E-state index in [9.17, 15) is 9.59 Å². The molecule has 5 unspecified atom stereocenters. The maximum atomic E-state index is 12.7. The number of carbonyl (C=O) groups is 2. The lowest BCUT2D eigenvalue weighted by Crippen LogP contribution is -2.65. The summed E-state index contributed by atoms with van der Waals surface area (Å²) in [6.07, 6.45) is 1.57. The van der Waals surface area contributed by atoms with E-state index in [1.54, 1.807) is 30.7 Å². The molecule has 2 fully saturated rings. The number of carbonyl (C=O) groups excluding carboxylic acids is 2. The van der Waals surface area contributed by atoms with Crippen LogP contribution < -0.4 is 0 Å². The van der Waals surface area contributed by atoms with Crippen molar-refractivity contribution in [3.63, 3.8) is 0 Å². The molecule has 2 rings (SSSR count). The molecule has 0 aromatic heterocycles. The zero-order chi connectivity index (χ0) is 16.4. The van der Waals surface area contributed by atoms with Gasteiger partial charge in [-0.05, 0) is 40.5 Å². The molecule has 2 aliphatic heterocycles. The van der Waals surface area contributed by atoms with Crippen LogP contribution in [0.15, 0.2) is 0 Å². The Hall–Kier alpha value is -1.14. The van der Waals surface area contributed by atoms with Gasteiger partial charge in [0, 0.05) is 25.7 Å². The molecule has 5 atom stereocenters. The Labute approximate surface area is 132 Å². The number of nitrogens with zero attached hydrogens (tertiary/aromatic N) is 2. The number of ether oxygens (including phenoxy) is 2. The van der Waals surface area contributed by atoms with Gasteiger partial charge in [-0.1, -0.05) is 0 Å². The lowest BCUT2D eigenvalue weighted by molar-refractivity contribution is -0.164. The molecular formula is C16H28N2O4. The summed E-state index contributed by atoms with van der Waals surface area (Å²) in [7, 11) is 1.79. The van der Waals surface area contributed by atoms with Crippen LogP contribution in [0.1, 0.15) is 40.5 Å². The first-order valence-corrected chi connectivity index (χ1v) is 8.16. The van der Waals surface area contributed by atoms with Crippen LogP contribution in [0.3, 0.4) is 0 Å². The van der Waals surface area contributed by atoms with Gasteiger partial charge in [0.25, 0.3) is 5.91 Å². The fourth-order valence-electron chi connectivity index (χ4n) is 3.22. The molecule has 6 heteroatoms. The van der Waals surface area contributed by atoms with Crippen molar-refractivity contribution in [1.29, 1.82) is 0 Å². The summed E-state index contributed by atoms with van der Waals surface area (Å²) < 4.78 is 11.2. The van der Waals surface area contributed by atoms with Gasteiger partial charge in [-0.2, -0.15) is 0 Å². The lowest BCUT2D eigenvalue weighted by Gasteiger charge is -2.47. The van der Waals surface area contributed by atoms with Crippen LogP contribution in [0.25, 0.3) is 0 Å². The molecule has 0 spiro atoms. The summed E-state index contributed by atoms with van der Waals surface area (Å²) in [5.41, 5.74) is 0. The fourth-order valence-corrected chi connectivity index (χ4v) is 3.22. The molecule has 0 N–H and O–H groups in total. The Morgan fingerprint density at radius 1 is 1.36 bits per heavy atom.